The van der Waals surface area contributed by atoms with Crippen molar-refractivity contribution in [2.24, 2.45) is 0 Å². The first kappa shape index (κ1) is 17.6. The number of rotatable bonds is 3. The Morgan fingerprint density at radius 2 is 2.13 bits per heavy atom. The van der Waals surface area contributed by atoms with Gasteiger partial charge in [-0.1, -0.05) is 6.07 Å². The second-order valence-corrected chi connectivity index (χ2v) is 6.80. The molecule has 0 saturated carbocycles. The number of ether oxygens (including phenoxy) is 1. The molecular weight excluding hydrogens is 297 g/mol. The molecule has 1 fully saturated rings. The van der Waals surface area contributed by atoms with Gasteiger partial charge in [0.05, 0.1) is 0 Å². The second kappa shape index (κ2) is 6.76. The van der Waals surface area contributed by atoms with E-state index in [0.29, 0.717) is 30.1 Å². The lowest BCUT2D eigenvalue weighted by molar-refractivity contribution is 0.0293. The Bertz CT molecular complexity index is 574. The number of aromatic nitrogens is 1. The van der Waals surface area contributed by atoms with Gasteiger partial charge in [-0.15, -0.1) is 0 Å². The van der Waals surface area contributed by atoms with Crippen LogP contribution >= 0.6 is 0 Å². The minimum Gasteiger partial charge on any atom is -0.444 e. The van der Waals surface area contributed by atoms with Gasteiger partial charge in [-0.2, -0.15) is 0 Å². The van der Waals surface area contributed by atoms with Crippen LogP contribution in [-0.4, -0.2) is 57.9 Å². The third kappa shape index (κ3) is 4.84. The smallest absolute Gasteiger partial charge is 0.444 e. The van der Waals surface area contributed by atoms with Crippen molar-refractivity contribution in [3.8, 4) is 0 Å². The Morgan fingerprint density at radius 1 is 1.43 bits per heavy atom. The topological polar surface area (TPSA) is 94.9 Å². The zero-order chi connectivity index (χ0) is 17.2. The minimum atomic E-state index is -1.52. The average molecular weight is 321 g/mol. The fourth-order valence-electron chi connectivity index (χ4n) is 2.50. The van der Waals surface area contributed by atoms with E-state index in [2.05, 4.69) is 10.3 Å². The Kier molecular flexibility index (Phi) is 5.16. The van der Waals surface area contributed by atoms with Crippen molar-refractivity contribution < 1.29 is 19.6 Å². The number of nitrogens with zero attached hydrogens (tertiary/aromatic N) is 2. The Morgan fingerprint density at radius 3 is 2.70 bits per heavy atom. The molecule has 0 aliphatic carbocycles. The Balaban J connectivity index is 1.93. The number of nitrogens with one attached hydrogen (secondary N) is 1. The van der Waals surface area contributed by atoms with Gasteiger partial charge in [0.2, 0.25) is 0 Å². The molecule has 2 rings (SSSR count). The molecule has 23 heavy (non-hydrogen) atoms. The summed E-state index contributed by atoms with van der Waals surface area (Å²) in [5, 5.41) is 21.7. The normalized spacial score (nSPS) is 18.0. The van der Waals surface area contributed by atoms with E-state index in [9.17, 15) is 14.8 Å². The Labute approximate surface area is 136 Å². The molecule has 8 heteroatoms. The predicted molar refractivity (Wildman–Crippen MR) is 88.6 cm³/mol. The van der Waals surface area contributed by atoms with Crippen molar-refractivity contribution in [3.63, 3.8) is 0 Å². The molecule has 2 heterocycles. The van der Waals surface area contributed by atoms with Crippen molar-refractivity contribution in [1.82, 2.24) is 9.88 Å². The first-order chi connectivity index (χ1) is 10.7. The number of carbonyl (C=O) groups is 1. The van der Waals surface area contributed by atoms with Gasteiger partial charge in [-0.3, -0.25) is 0 Å². The molecule has 3 N–H and O–H groups in total. The molecule has 1 aliphatic heterocycles. The SMILES string of the molecule is Cc1nc(N[C@H]2CCN(C(=O)OC(C)(C)C)C2)ccc1B(O)O. The number of anilines is 1. The minimum absolute atomic E-state index is 0.0966. The van der Waals surface area contributed by atoms with Crippen LogP contribution in [0.5, 0.6) is 0 Å². The van der Waals surface area contributed by atoms with Gasteiger partial charge in [-0.25, -0.2) is 9.78 Å². The zero-order valence-corrected chi connectivity index (χ0v) is 14.0. The average Bonchev–Trinajstić information content (AvgIpc) is 2.85. The molecule has 1 aromatic heterocycles. The molecule has 0 unspecified atom stereocenters. The van der Waals surface area contributed by atoms with Crippen LogP contribution in [0.15, 0.2) is 12.1 Å². The van der Waals surface area contributed by atoms with E-state index in [1.165, 1.54) is 0 Å². The summed E-state index contributed by atoms with van der Waals surface area (Å²) in [6.45, 7) is 8.46. The summed E-state index contributed by atoms with van der Waals surface area (Å²) in [5.41, 5.74) is 0.451. The van der Waals surface area contributed by atoms with Gasteiger partial charge in [0, 0.05) is 30.3 Å². The standard InChI is InChI=1S/C15H24BN3O4/c1-10-12(16(21)22)5-6-13(17-10)18-11-7-8-19(9-11)14(20)23-15(2,3)4/h5-6,11,21-22H,7-9H2,1-4H3,(H,17,18)/t11-/m0/s1. The van der Waals surface area contributed by atoms with E-state index in [1.807, 2.05) is 20.8 Å². The van der Waals surface area contributed by atoms with Crippen LogP contribution in [0.25, 0.3) is 0 Å². The van der Waals surface area contributed by atoms with E-state index >= 15 is 0 Å². The second-order valence-electron chi connectivity index (χ2n) is 6.80. The van der Waals surface area contributed by atoms with Crippen molar-refractivity contribution in [1.29, 1.82) is 0 Å². The lowest BCUT2D eigenvalue weighted by Crippen LogP contribution is -2.37. The summed E-state index contributed by atoms with van der Waals surface area (Å²) < 4.78 is 5.37. The van der Waals surface area contributed by atoms with Gasteiger partial charge >= 0.3 is 13.2 Å². The van der Waals surface area contributed by atoms with Crippen LogP contribution in [0.2, 0.25) is 0 Å². The fraction of sp³-hybridized carbons (Fsp3) is 0.600. The van der Waals surface area contributed by atoms with Crippen LogP contribution in [0.4, 0.5) is 10.6 Å². The van der Waals surface area contributed by atoms with Crippen molar-refractivity contribution >= 4 is 24.5 Å². The van der Waals surface area contributed by atoms with Crippen LogP contribution in [-0.2, 0) is 4.74 Å². The van der Waals surface area contributed by atoms with Crippen LogP contribution in [0.3, 0.4) is 0 Å². The van der Waals surface area contributed by atoms with Crippen molar-refractivity contribution in [2.45, 2.75) is 45.8 Å². The highest BCUT2D eigenvalue weighted by Crippen LogP contribution is 2.18. The maximum absolute atomic E-state index is 12.0. The monoisotopic (exact) mass is 321 g/mol. The summed E-state index contributed by atoms with van der Waals surface area (Å²) in [5.74, 6) is 0.655. The highest BCUT2D eigenvalue weighted by molar-refractivity contribution is 6.59. The third-order valence-electron chi connectivity index (χ3n) is 3.60. The molecule has 0 spiro atoms. The fourth-order valence-corrected chi connectivity index (χ4v) is 2.50. The largest absolute Gasteiger partial charge is 0.490 e. The van der Waals surface area contributed by atoms with Crippen molar-refractivity contribution in [3.05, 3.63) is 17.8 Å². The number of hydrogen-bond acceptors (Lipinski definition) is 6. The highest BCUT2D eigenvalue weighted by atomic mass is 16.6. The molecule has 1 saturated heterocycles. The highest BCUT2D eigenvalue weighted by Gasteiger charge is 2.30. The number of aryl methyl sites for hydroxylation is 1. The molecule has 1 aromatic rings. The van der Waals surface area contributed by atoms with E-state index in [4.69, 9.17) is 4.74 Å². The van der Waals surface area contributed by atoms with Gasteiger partial charge < -0.3 is 25.0 Å². The van der Waals surface area contributed by atoms with Crippen LogP contribution in [0, 0.1) is 6.92 Å². The molecule has 0 bridgehead atoms. The maximum Gasteiger partial charge on any atom is 0.490 e. The van der Waals surface area contributed by atoms with Crippen LogP contribution in [0.1, 0.15) is 32.9 Å². The number of likely N-dealkylation sites (tertiary alicyclic amines) is 1. The first-order valence-electron chi connectivity index (χ1n) is 7.74. The predicted octanol–water partition coefficient (Wildman–Crippen LogP) is 0.491. The molecular formula is C15H24BN3O4. The number of carbonyl (C=O) groups excluding carboxylic acids is 1. The lowest BCUT2D eigenvalue weighted by atomic mass is 9.79. The Hall–Kier alpha value is -1.80. The molecule has 0 radical (unpaired) electrons. The molecule has 126 valence electrons. The number of pyridine rings is 1. The number of hydrogen-bond donors (Lipinski definition) is 3. The molecule has 1 atom stereocenters. The summed E-state index contributed by atoms with van der Waals surface area (Å²) in [6.07, 6.45) is 0.509. The van der Waals surface area contributed by atoms with E-state index in [1.54, 1.807) is 24.0 Å². The van der Waals surface area contributed by atoms with Gasteiger partial charge in [0.25, 0.3) is 0 Å². The van der Waals surface area contributed by atoms with Gasteiger partial charge in [0.1, 0.15) is 11.4 Å². The molecule has 1 aliphatic rings. The van der Waals surface area contributed by atoms with E-state index in [0.717, 1.165) is 6.42 Å². The third-order valence-corrected chi connectivity index (χ3v) is 3.60. The number of amides is 1. The van der Waals surface area contributed by atoms with E-state index in [-0.39, 0.29) is 12.1 Å². The summed E-state index contributed by atoms with van der Waals surface area (Å²) in [7, 11) is -1.52. The molecule has 7 nitrogen and oxygen atoms in total. The molecule has 1 amide bonds. The summed E-state index contributed by atoms with van der Waals surface area (Å²) in [4.78, 5) is 18.0. The quantitative estimate of drug-likeness (QED) is 0.702. The maximum atomic E-state index is 12.0. The summed E-state index contributed by atoms with van der Waals surface area (Å²) >= 11 is 0. The summed E-state index contributed by atoms with van der Waals surface area (Å²) in [6, 6.07) is 3.44. The van der Waals surface area contributed by atoms with Gasteiger partial charge in [-0.05, 0) is 40.2 Å². The lowest BCUT2D eigenvalue weighted by Gasteiger charge is -2.24. The zero-order valence-electron chi connectivity index (χ0n) is 14.0. The van der Waals surface area contributed by atoms with E-state index < -0.39 is 12.7 Å². The first-order valence-corrected chi connectivity index (χ1v) is 7.74. The van der Waals surface area contributed by atoms with Gasteiger partial charge in [0.15, 0.2) is 0 Å². The molecule has 0 aromatic carbocycles. The van der Waals surface area contributed by atoms with Crippen LogP contribution < -0.4 is 10.8 Å². The van der Waals surface area contributed by atoms with Crippen molar-refractivity contribution in [2.75, 3.05) is 18.4 Å².